The molecule has 1 saturated carbocycles. The Hall–Kier alpha value is 0.200. The minimum absolute atomic E-state index is 0.156. The molecular weight excluding hydrogens is 251 g/mol. The highest BCUT2D eigenvalue weighted by Crippen LogP contribution is 2.41. The third-order valence-electron chi connectivity index (χ3n) is 3.07. The number of nitrogens with one attached hydrogen (secondary N) is 1. The molecule has 1 aromatic heterocycles. The molecule has 1 fully saturated rings. The van der Waals surface area contributed by atoms with Crippen molar-refractivity contribution in [1.82, 2.24) is 5.43 Å². The molecule has 0 radical (unpaired) electrons. The zero-order chi connectivity index (χ0) is 10.8. The summed E-state index contributed by atoms with van der Waals surface area (Å²) in [6.45, 7) is 0. The molecule has 0 amide bonds. The van der Waals surface area contributed by atoms with Crippen LogP contribution in [0.25, 0.3) is 0 Å². The van der Waals surface area contributed by atoms with Gasteiger partial charge in [0.25, 0.3) is 0 Å². The van der Waals surface area contributed by atoms with E-state index in [-0.39, 0.29) is 6.04 Å². The number of hydrogen-bond donors (Lipinski definition) is 2. The van der Waals surface area contributed by atoms with E-state index in [9.17, 15) is 0 Å². The molecule has 0 aromatic carbocycles. The third kappa shape index (κ3) is 2.48. The summed E-state index contributed by atoms with van der Waals surface area (Å²) >= 11 is 13.5. The van der Waals surface area contributed by atoms with Gasteiger partial charge in [0.1, 0.15) is 0 Å². The van der Waals surface area contributed by atoms with E-state index in [1.165, 1.54) is 37.0 Å². The van der Waals surface area contributed by atoms with Crippen molar-refractivity contribution in [3.8, 4) is 0 Å². The Morgan fingerprint density at radius 2 is 2.07 bits per heavy atom. The first kappa shape index (κ1) is 11.7. The van der Waals surface area contributed by atoms with Crippen LogP contribution in [-0.4, -0.2) is 0 Å². The summed E-state index contributed by atoms with van der Waals surface area (Å²) in [5.74, 6) is 6.21. The number of rotatable bonds is 3. The molecule has 0 aliphatic heterocycles. The van der Waals surface area contributed by atoms with Gasteiger partial charge in [0.05, 0.1) is 14.7 Å². The van der Waals surface area contributed by atoms with Crippen LogP contribution in [0, 0.1) is 5.92 Å². The van der Waals surface area contributed by atoms with E-state index >= 15 is 0 Å². The average Bonchev–Trinajstić information content (AvgIpc) is 2.79. The van der Waals surface area contributed by atoms with Gasteiger partial charge in [0.2, 0.25) is 0 Å². The van der Waals surface area contributed by atoms with Crippen LogP contribution in [0.3, 0.4) is 0 Å². The standard InChI is InChI=1S/C10H14Cl2N2S/c11-8-5-7(10(12)15-8)9(14-13)6-3-1-2-4-6/h5-6,9,14H,1-4,13H2. The monoisotopic (exact) mass is 264 g/mol. The van der Waals surface area contributed by atoms with Gasteiger partial charge in [0, 0.05) is 5.56 Å². The lowest BCUT2D eigenvalue weighted by molar-refractivity contribution is 0.374. The van der Waals surface area contributed by atoms with Gasteiger partial charge in [0.15, 0.2) is 0 Å². The van der Waals surface area contributed by atoms with Crippen LogP contribution < -0.4 is 11.3 Å². The quantitative estimate of drug-likeness (QED) is 0.645. The van der Waals surface area contributed by atoms with E-state index in [4.69, 9.17) is 29.0 Å². The van der Waals surface area contributed by atoms with Gasteiger partial charge in [-0.1, -0.05) is 36.0 Å². The summed E-state index contributed by atoms with van der Waals surface area (Å²) in [4.78, 5) is 0. The number of hydrogen-bond acceptors (Lipinski definition) is 3. The van der Waals surface area contributed by atoms with Crippen LogP contribution in [0.4, 0.5) is 0 Å². The number of nitrogens with two attached hydrogens (primary N) is 1. The van der Waals surface area contributed by atoms with Gasteiger partial charge in [-0.25, -0.2) is 0 Å². The zero-order valence-electron chi connectivity index (χ0n) is 8.30. The van der Waals surface area contributed by atoms with E-state index in [0.29, 0.717) is 5.92 Å². The van der Waals surface area contributed by atoms with Gasteiger partial charge < -0.3 is 0 Å². The Labute approximate surface area is 104 Å². The molecule has 1 aliphatic carbocycles. The van der Waals surface area contributed by atoms with Gasteiger partial charge in [-0.2, -0.15) is 0 Å². The SMILES string of the molecule is NNC(c1cc(Cl)sc1Cl)C1CCCC1. The van der Waals surface area contributed by atoms with Crippen molar-refractivity contribution in [2.45, 2.75) is 31.7 Å². The fourth-order valence-electron chi connectivity index (χ4n) is 2.34. The maximum atomic E-state index is 6.14. The molecule has 1 atom stereocenters. The van der Waals surface area contributed by atoms with Crippen molar-refractivity contribution >= 4 is 34.5 Å². The summed E-state index contributed by atoms with van der Waals surface area (Å²) in [5.41, 5.74) is 3.93. The highest BCUT2D eigenvalue weighted by atomic mass is 35.5. The van der Waals surface area contributed by atoms with Crippen molar-refractivity contribution in [2.75, 3.05) is 0 Å². The second-order valence-corrected chi connectivity index (χ2v) is 6.25. The molecule has 5 heteroatoms. The highest BCUT2D eigenvalue weighted by Gasteiger charge is 2.27. The van der Waals surface area contributed by atoms with Crippen molar-refractivity contribution in [1.29, 1.82) is 0 Å². The summed E-state index contributed by atoms with van der Waals surface area (Å²) in [7, 11) is 0. The Balaban J connectivity index is 2.21. The second kappa shape index (κ2) is 5.02. The van der Waals surface area contributed by atoms with Gasteiger partial charge in [-0.15, -0.1) is 11.3 Å². The Bertz CT molecular complexity index is 334. The van der Waals surface area contributed by atoms with Crippen LogP contribution in [0.5, 0.6) is 0 Å². The molecule has 0 saturated heterocycles. The van der Waals surface area contributed by atoms with E-state index in [0.717, 1.165) is 14.2 Å². The van der Waals surface area contributed by atoms with Crippen LogP contribution in [-0.2, 0) is 0 Å². The third-order valence-corrected chi connectivity index (χ3v) is 4.59. The van der Waals surface area contributed by atoms with Crippen molar-refractivity contribution < 1.29 is 0 Å². The van der Waals surface area contributed by atoms with Crippen molar-refractivity contribution in [3.05, 3.63) is 20.3 Å². The van der Waals surface area contributed by atoms with Crippen LogP contribution >= 0.6 is 34.5 Å². The first-order valence-corrected chi connectivity index (χ1v) is 6.70. The molecule has 1 unspecified atom stereocenters. The molecule has 1 aromatic rings. The van der Waals surface area contributed by atoms with E-state index in [2.05, 4.69) is 5.43 Å². The maximum Gasteiger partial charge on any atom is 0.0992 e. The maximum absolute atomic E-state index is 6.14. The molecule has 1 aliphatic rings. The average molecular weight is 265 g/mol. The lowest BCUT2D eigenvalue weighted by atomic mass is 9.94. The summed E-state index contributed by atoms with van der Waals surface area (Å²) < 4.78 is 1.49. The predicted molar refractivity (Wildman–Crippen MR) is 66.4 cm³/mol. The van der Waals surface area contributed by atoms with Crippen LogP contribution in [0.1, 0.15) is 37.3 Å². The number of hydrazine groups is 1. The number of thiophene rings is 1. The number of halogens is 2. The van der Waals surface area contributed by atoms with Gasteiger partial charge in [-0.3, -0.25) is 11.3 Å². The Morgan fingerprint density at radius 3 is 2.53 bits per heavy atom. The summed E-state index contributed by atoms with van der Waals surface area (Å²) in [6.07, 6.45) is 5.02. The molecular formula is C10H14Cl2N2S. The fraction of sp³-hybridized carbons (Fsp3) is 0.600. The van der Waals surface area contributed by atoms with E-state index in [1.807, 2.05) is 6.07 Å². The predicted octanol–water partition coefficient (Wildman–Crippen LogP) is 3.75. The van der Waals surface area contributed by atoms with Crippen molar-refractivity contribution in [2.24, 2.45) is 11.8 Å². The first-order chi connectivity index (χ1) is 7.22. The highest BCUT2D eigenvalue weighted by molar-refractivity contribution is 7.20. The minimum Gasteiger partial charge on any atom is -0.271 e. The molecule has 15 heavy (non-hydrogen) atoms. The fourth-order valence-corrected chi connectivity index (χ4v) is 3.89. The van der Waals surface area contributed by atoms with E-state index in [1.54, 1.807) is 0 Å². The largest absolute Gasteiger partial charge is 0.271 e. The van der Waals surface area contributed by atoms with Gasteiger partial charge in [-0.05, 0) is 24.8 Å². The lowest BCUT2D eigenvalue weighted by Gasteiger charge is -2.22. The van der Waals surface area contributed by atoms with Crippen LogP contribution in [0.2, 0.25) is 8.67 Å². The lowest BCUT2D eigenvalue weighted by Crippen LogP contribution is -2.32. The first-order valence-electron chi connectivity index (χ1n) is 5.13. The molecule has 2 nitrogen and oxygen atoms in total. The Kier molecular flexibility index (Phi) is 3.91. The molecule has 84 valence electrons. The Morgan fingerprint density at radius 1 is 1.40 bits per heavy atom. The normalized spacial score (nSPS) is 19.7. The molecule has 3 N–H and O–H groups in total. The molecule has 1 heterocycles. The van der Waals surface area contributed by atoms with E-state index < -0.39 is 0 Å². The summed E-state index contributed by atoms with van der Waals surface area (Å²) in [6, 6.07) is 2.08. The topological polar surface area (TPSA) is 38.0 Å². The van der Waals surface area contributed by atoms with Gasteiger partial charge >= 0.3 is 0 Å². The molecule has 0 bridgehead atoms. The van der Waals surface area contributed by atoms with Crippen LogP contribution in [0.15, 0.2) is 6.07 Å². The molecule has 0 spiro atoms. The second-order valence-electron chi connectivity index (χ2n) is 3.97. The smallest absolute Gasteiger partial charge is 0.0992 e. The molecule has 2 rings (SSSR count). The zero-order valence-corrected chi connectivity index (χ0v) is 10.6. The minimum atomic E-state index is 0.156. The van der Waals surface area contributed by atoms with Crippen molar-refractivity contribution in [3.63, 3.8) is 0 Å². The summed E-state index contributed by atoms with van der Waals surface area (Å²) in [5, 5.41) is 0.